The van der Waals surface area contributed by atoms with E-state index in [9.17, 15) is 14.4 Å². The van der Waals surface area contributed by atoms with Gasteiger partial charge in [-0.25, -0.2) is 0 Å². The zero-order valence-corrected chi connectivity index (χ0v) is 10.2. The van der Waals surface area contributed by atoms with E-state index >= 15 is 0 Å². The van der Waals surface area contributed by atoms with Crippen molar-refractivity contribution >= 4 is 18.2 Å². The van der Waals surface area contributed by atoms with Gasteiger partial charge in [-0.3, -0.25) is 9.59 Å². The van der Waals surface area contributed by atoms with Crippen molar-refractivity contribution in [2.45, 2.75) is 38.4 Å². The molecule has 2 fully saturated rings. The third-order valence-electron chi connectivity index (χ3n) is 3.47. The highest BCUT2D eigenvalue weighted by Crippen LogP contribution is 2.42. The highest BCUT2D eigenvalue weighted by Gasteiger charge is 2.53. The first-order valence-corrected chi connectivity index (χ1v) is 6.10. The maximum atomic E-state index is 11.8. The topological polar surface area (TPSA) is 78.9 Å². The maximum Gasteiger partial charge on any atom is 0.315 e. The van der Waals surface area contributed by atoms with Crippen molar-refractivity contribution in [3.05, 3.63) is 0 Å². The fourth-order valence-corrected chi connectivity index (χ4v) is 2.55. The van der Waals surface area contributed by atoms with Gasteiger partial charge in [-0.15, -0.1) is 0 Å². The Labute approximate surface area is 105 Å². The number of fused-ring (bicyclic) bond motifs is 2. The Balaban J connectivity index is 1.85. The Morgan fingerprint density at radius 2 is 2.00 bits per heavy atom. The van der Waals surface area contributed by atoms with Crippen LogP contribution in [0.2, 0.25) is 0 Å². The van der Waals surface area contributed by atoms with Gasteiger partial charge in [-0.1, -0.05) is 6.92 Å². The molecule has 2 saturated heterocycles. The van der Waals surface area contributed by atoms with E-state index in [2.05, 4.69) is 4.74 Å². The molecule has 0 aromatic rings. The highest BCUT2D eigenvalue weighted by molar-refractivity contribution is 5.79. The van der Waals surface area contributed by atoms with Gasteiger partial charge in [0.1, 0.15) is 6.29 Å². The van der Waals surface area contributed by atoms with Crippen LogP contribution in [0.15, 0.2) is 0 Å². The van der Waals surface area contributed by atoms with Crippen molar-refractivity contribution in [2.75, 3.05) is 6.79 Å². The molecule has 6 nitrogen and oxygen atoms in total. The Morgan fingerprint density at radius 1 is 1.28 bits per heavy atom. The molecule has 2 rings (SSSR count). The lowest BCUT2D eigenvalue weighted by Gasteiger charge is -2.21. The monoisotopic (exact) mass is 256 g/mol. The average Bonchev–Trinajstić information content (AvgIpc) is 2.97. The van der Waals surface area contributed by atoms with E-state index in [1.54, 1.807) is 6.92 Å². The van der Waals surface area contributed by atoms with Crippen LogP contribution in [0.1, 0.15) is 26.2 Å². The van der Waals surface area contributed by atoms with Gasteiger partial charge >= 0.3 is 11.9 Å². The van der Waals surface area contributed by atoms with Gasteiger partial charge < -0.3 is 19.0 Å². The predicted octanol–water partition coefficient (Wildman–Crippen LogP) is 0.433. The molecule has 0 aromatic heterocycles. The molecule has 0 saturated carbocycles. The van der Waals surface area contributed by atoms with Crippen LogP contribution in [-0.4, -0.2) is 37.2 Å². The standard InChI is InChI=1S/C12H16O6/c1-2-10(14)16-6-17-12(15)11-7(5-13)8-3-4-9(11)18-8/h5,7-9,11H,2-4,6H2,1H3. The Hall–Kier alpha value is -1.43. The van der Waals surface area contributed by atoms with Gasteiger partial charge in [0.05, 0.1) is 24.0 Å². The minimum Gasteiger partial charge on any atom is -0.428 e. The van der Waals surface area contributed by atoms with Gasteiger partial charge in [0.25, 0.3) is 0 Å². The summed E-state index contributed by atoms with van der Waals surface area (Å²) in [7, 11) is 0. The molecule has 100 valence electrons. The Morgan fingerprint density at radius 3 is 2.67 bits per heavy atom. The molecule has 2 aliphatic rings. The molecular formula is C12H16O6. The number of hydrogen-bond acceptors (Lipinski definition) is 6. The van der Waals surface area contributed by atoms with Crippen molar-refractivity contribution in [2.24, 2.45) is 11.8 Å². The van der Waals surface area contributed by atoms with Gasteiger partial charge in [0, 0.05) is 6.42 Å². The largest absolute Gasteiger partial charge is 0.428 e. The van der Waals surface area contributed by atoms with Crippen molar-refractivity contribution < 1.29 is 28.6 Å². The molecule has 0 aliphatic carbocycles. The van der Waals surface area contributed by atoms with Crippen LogP contribution in [0.4, 0.5) is 0 Å². The van der Waals surface area contributed by atoms with E-state index in [1.807, 2.05) is 0 Å². The fourth-order valence-electron chi connectivity index (χ4n) is 2.55. The fraction of sp³-hybridized carbons (Fsp3) is 0.750. The summed E-state index contributed by atoms with van der Waals surface area (Å²) < 4.78 is 15.0. The summed E-state index contributed by atoms with van der Waals surface area (Å²) in [5, 5.41) is 0. The number of aldehydes is 1. The molecule has 2 bridgehead atoms. The van der Waals surface area contributed by atoms with Gasteiger partial charge in [-0.2, -0.15) is 0 Å². The molecule has 0 amide bonds. The first kappa shape index (κ1) is 13.0. The van der Waals surface area contributed by atoms with Crippen molar-refractivity contribution in [1.82, 2.24) is 0 Å². The van der Waals surface area contributed by atoms with Crippen LogP contribution in [-0.2, 0) is 28.6 Å². The van der Waals surface area contributed by atoms with Crippen molar-refractivity contribution in [3.63, 3.8) is 0 Å². The predicted molar refractivity (Wildman–Crippen MR) is 58.3 cm³/mol. The SMILES string of the molecule is CCC(=O)OCOC(=O)C1C2CCC(O2)C1C=O. The van der Waals surface area contributed by atoms with Crippen LogP contribution in [0.3, 0.4) is 0 Å². The van der Waals surface area contributed by atoms with Crippen LogP contribution in [0.25, 0.3) is 0 Å². The molecule has 0 aromatic carbocycles. The normalized spacial score (nSPS) is 33.2. The minimum absolute atomic E-state index is 0.164. The van der Waals surface area contributed by atoms with Gasteiger partial charge in [0.15, 0.2) is 0 Å². The first-order valence-electron chi connectivity index (χ1n) is 6.10. The van der Waals surface area contributed by atoms with E-state index < -0.39 is 30.6 Å². The number of carbonyl (C=O) groups is 3. The Bertz CT molecular complexity index is 352. The summed E-state index contributed by atoms with van der Waals surface area (Å²) in [6.07, 6.45) is 2.16. The number of rotatable bonds is 5. The summed E-state index contributed by atoms with van der Waals surface area (Å²) >= 11 is 0. The molecule has 0 radical (unpaired) electrons. The Kier molecular flexibility index (Phi) is 3.96. The second kappa shape index (κ2) is 5.48. The lowest BCUT2D eigenvalue weighted by atomic mass is 9.80. The lowest BCUT2D eigenvalue weighted by Crippen LogP contribution is -2.36. The number of hydrogen-bond donors (Lipinski definition) is 0. The zero-order chi connectivity index (χ0) is 13.1. The maximum absolute atomic E-state index is 11.8. The summed E-state index contributed by atoms with van der Waals surface area (Å²) in [5.41, 5.74) is 0. The van der Waals surface area contributed by atoms with Gasteiger partial charge in [0.2, 0.25) is 6.79 Å². The molecule has 4 unspecified atom stereocenters. The van der Waals surface area contributed by atoms with E-state index in [4.69, 9.17) is 9.47 Å². The van der Waals surface area contributed by atoms with E-state index in [1.165, 1.54) is 0 Å². The first-order chi connectivity index (χ1) is 8.67. The van der Waals surface area contributed by atoms with Crippen LogP contribution < -0.4 is 0 Å². The van der Waals surface area contributed by atoms with E-state index in [0.717, 1.165) is 19.1 Å². The molecule has 0 spiro atoms. The minimum atomic E-state index is -0.554. The quantitative estimate of drug-likeness (QED) is 0.403. The molecule has 4 atom stereocenters. The number of esters is 2. The summed E-state index contributed by atoms with van der Waals surface area (Å²) in [5.74, 6) is -1.94. The summed E-state index contributed by atoms with van der Waals surface area (Å²) in [6, 6.07) is 0. The van der Waals surface area contributed by atoms with Crippen LogP contribution in [0, 0.1) is 11.8 Å². The zero-order valence-electron chi connectivity index (χ0n) is 10.2. The van der Waals surface area contributed by atoms with E-state index in [-0.39, 0.29) is 18.6 Å². The van der Waals surface area contributed by atoms with Crippen LogP contribution >= 0.6 is 0 Å². The third kappa shape index (κ3) is 2.38. The lowest BCUT2D eigenvalue weighted by molar-refractivity contribution is -0.172. The van der Waals surface area contributed by atoms with Crippen LogP contribution in [0.5, 0.6) is 0 Å². The molecular weight excluding hydrogens is 240 g/mol. The van der Waals surface area contributed by atoms with Crippen molar-refractivity contribution in [1.29, 1.82) is 0 Å². The molecule has 6 heteroatoms. The molecule has 0 N–H and O–H groups in total. The number of ether oxygens (including phenoxy) is 3. The third-order valence-corrected chi connectivity index (χ3v) is 3.47. The highest BCUT2D eigenvalue weighted by atomic mass is 16.7. The molecule has 18 heavy (non-hydrogen) atoms. The second-order valence-corrected chi connectivity index (χ2v) is 4.48. The summed E-state index contributed by atoms with van der Waals surface area (Å²) in [4.78, 5) is 33.7. The van der Waals surface area contributed by atoms with Gasteiger partial charge in [-0.05, 0) is 12.8 Å². The molecule has 2 aliphatic heterocycles. The van der Waals surface area contributed by atoms with E-state index in [0.29, 0.717) is 0 Å². The number of carbonyl (C=O) groups excluding carboxylic acids is 3. The smallest absolute Gasteiger partial charge is 0.315 e. The molecule has 2 heterocycles. The average molecular weight is 256 g/mol. The summed E-state index contributed by atoms with van der Waals surface area (Å²) in [6.45, 7) is 1.25. The second-order valence-electron chi connectivity index (χ2n) is 4.48. The van der Waals surface area contributed by atoms with Crippen molar-refractivity contribution in [3.8, 4) is 0 Å².